The van der Waals surface area contributed by atoms with Gasteiger partial charge in [-0.05, 0) is 56.5 Å². The Hall–Kier alpha value is -2.82. The summed E-state index contributed by atoms with van der Waals surface area (Å²) < 4.78 is 5.72. The van der Waals surface area contributed by atoms with Gasteiger partial charge in [-0.2, -0.15) is 0 Å². The van der Waals surface area contributed by atoms with Crippen LogP contribution in [0.5, 0.6) is 5.75 Å². The minimum Gasteiger partial charge on any atom is -0.481 e. The lowest BCUT2D eigenvalue weighted by Gasteiger charge is -2.17. The quantitative estimate of drug-likeness (QED) is 0.734. The average Bonchev–Trinajstić information content (AvgIpc) is 2.68. The fourth-order valence-corrected chi connectivity index (χ4v) is 2.49. The lowest BCUT2D eigenvalue weighted by Crippen LogP contribution is -2.34. The number of nitrogens with one attached hydrogen (secondary N) is 2. The zero-order chi connectivity index (χ0) is 19.8. The van der Waals surface area contributed by atoms with Gasteiger partial charge in [0.15, 0.2) is 6.10 Å². The van der Waals surface area contributed by atoms with E-state index in [2.05, 4.69) is 17.6 Å². The number of benzene rings is 2. The summed E-state index contributed by atoms with van der Waals surface area (Å²) in [5.41, 5.74) is 2.12. The highest BCUT2D eigenvalue weighted by Gasteiger charge is 2.19. The Bertz CT molecular complexity index is 771. The first-order valence-corrected chi connectivity index (χ1v) is 9.40. The molecule has 2 aromatic rings. The second-order valence-electron chi connectivity index (χ2n) is 6.58. The van der Waals surface area contributed by atoms with E-state index in [0.29, 0.717) is 17.0 Å². The number of hydrogen-bond donors (Lipinski definition) is 2. The molecule has 0 spiro atoms. The third-order valence-corrected chi connectivity index (χ3v) is 4.43. The molecule has 0 aliphatic rings. The van der Waals surface area contributed by atoms with Crippen molar-refractivity contribution in [3.8, 4) is 5.75 Å². The summed E-state index contributed by atoms with van der Waals surface area (Å²) in [5, 5.41) is 5.72. The number of hydrogen-bond acceptors (Lipinski definition) is 3. The summed E-state index contributed by atoms with van der Waals surface area (Å²) in [4.78, 5) is 25.0. The minimum atomic E-state index is -0.692. The normalized spacial score (nSPS) is 12.7. The molecule has 2 aromatic carbocycles. The highest BCUT2D eigenvalue weighted by Crippen LogP contribution is 2.18. The van der Waals surface area contributed by atoms with Gasteiger partial charge in [-0.25, -0.2) is 0 Å². The van der Waals surface area contributed by atoms with Gasteiger partial charge in [-0.3, -0.25) is 9.59 Å². The van der Waals surface area contributed by atoms with Crippen LogP contribution in [-0.2, 0) is 11.2 Å². The molecule has 5 heteroatoms. The first kappa shape index (κ1) is 20.5. The molecule has 0 aromatic heterocycles. The minimum absolute atomic E-state index is 0.0645. The molecule has 0 bridgehead atoms. The monoisotopic (exact) mass is 368 g/mol. The van der Waals surface area contributed by atoms with E-state index in [1.807, 2.05) is 38.1 Å². The first-order valence-electron chi connectivity index (χ1n) is 9.40. The summed E-state index contributed by atoms with van der Waals surface area (Å²) in [6.45, 7) is 7.72. The molecule has 27 heavy (non-hydrogen) atoms. The largest absolute Gasteiger partial charge is 0.481 e. The van der Waals surface area contributed by atoms with Crippen LogP contribution >= 0.6 is 0 Å². The molecule has 2 unspecified atom stereocenters. The maximum Gasteiger partial charge on any atom is 0.265 e. The smallest absolute Gasteiger partial charge is 0.265 e. The molecule has 0 radical (unpaired) electrons. The number of ether oxygens (including phenoxy) is 1. The number of carbonyl (C=O) groups excluding carboxylic acids is 2. The Balaban J connectivity index is 2.04. The van der Waals surface area contributed by atoms with Crippen LogP contribution in [0.4, 0.5) is 5.69 Å². The summed E-state index contributed by atoms with van der Waals surface area (Å²) >= 11 is 0. The summed E-state index contributed by atoms with van der Waals surface area (Å²) in [6.07, 6.45) is 1.09. The predicted octanol–water partition coefficient (Wildman–Crippen LogP) is 4.18. The molecule has 0 aliphatic carbocycles. The van der Waals surface area contributed by atoms with E-state index in [0.717, 1.165) is 12.8 Å². The number of para-hydroxylation sites is 1. The topological polar surface area (TPSA) is 67.4 Å². The number of rotatable bonds is 8. The standard InChI is InChI=1S/C22H28N2O3/c1-5-15(3)23-22(26)19-9-7-8-10-20(19)24-21(25)16(4)27-18-13-11-17(6-2)12-14-18/h7-16H,5-6H2,1-4H3,(H,23,26)(H,24,25). The maximum atomic E-state index is 12.5. The van der Waals surface area contributed by atoms with E-state index in [1.165, 1.54) is 5.56 Å². The van der Waals surface area contributed by atoms with Crippen LogP contribution in [0.1, 0.15) is 50.0 Å². The van der Waals surface area contributed by atoms with Crippen LogP contribution in [0.3, 0.4) is 0 Å². The predicted molar refractivity (Wildman–Crippen MR) is 108 cm³/mol. The van der Waals surface area contributed by atoms with E-state index in [4.69, 9.17) is 4.74 Å². The van der Waals surface area contributed by atoms with Gasteiger partial charge in [0.05, 0.1) is 11.3 Å². The van der Waals surface area contributed by atoms with Crippen molar-refractivity contribution in [1.29, 1.82) is 0 Å². The summed E-state index contributed by atoms with van der Waals surface area (Å²) in [7, 11) is 0. The molecule has 2 N–H and O–H groups in total. The Labute approximate surface area is 161 Å². The molecule has 2 atom stereocenters. The van der Waals surface area contributed by atoms with Crippen LogP contribution in [0.25, 0.3) is 0 Å². The van der Waals surface area contributed by atoms with Gasteiger partial charge in [-0.15, -0.1) is 0 Å². The van der Waals surface area contributed by atoms with Crippen LogP contribution in [-0.4, -0.2) is 24.0 Å². The highest BCUT2D eigenvalue weighted by atomic mass is 16.5. The van der Waals surface area contributed by atoms with Crippen LogP contribution in [0, 0.1) is 0 Å². The molecule has 0 aliphatic heterocycles. The zero-order valence-corrected chi connectivity index (χ0v) is 16.4. The lowest BCUT2D eigenvalue weighted by molar-refractivity contribution is -0.122. The maximum absolute atomic E-state index is 12.5. The summed E-state index contributed by atoms with van der Waals surface area (Å²) in [6, 6.07) is 14.7. The molecule has 0 saturated carbocycles. The number of carbonyl (C=O) groups is 2. The number of aryl methyl sites for hydroxylation is 1. The van der Waals surface area contributed by atoms with Gasteiger partial charge in [0, 0.05) is 6.04 Å². The average molecular weight is 368 g/mol. The van der Waals surface area contributed by atoms with E-state index in [9.17, 15) is 9.59 Å². The van der Waals surface area contributed by atoms with Crippen molar-refractivity contribution in [2.75, 3.05) is 5.32 Å². The molecular formula is C22H28N2O3. The molecular weight excluding hydrogens is 340 g/mol. The van der Waals surface area contributed by atoms with Gasteiger partial charge < -0.3 is 15.4 Å². The van der Waals surface area contributed by atoms with Crippen LogP contribution in [0.15, 0.2) is 48.5 Å². The Kier molecular flexibility index (Phi) is 7.41. The molecule has 2 rings (SSSR count). The van der Waals surface area contributed by atoms with Gasteiger partial charge in [0.25, 0.3) is 11.8 Å². The second kappa shape index (κ2) is 9.76. The van der Waals surface area contributed by atoms with Crippen molar-refractivity contribution in [2.45, 2.75) is 52.7 Å². The molecule has 5 nitrogen and oxygen atoms in total. The molecule has 0 fully saturated rings. The molecule has 0 heterocycles. The molecule has 144 valence electrons. The Morgan fingerprint density at radius 2 is 1.67 bits per heavy atom. The van der Waals surface area contributed by atoms with Gasteiger partial charge in [0.2, 0.25) is 0 Å². The fourth-order valence-electron chi connectivity index (χ4n) is 2.49. The van der Waals surface area contributed by atoms with Gasteiger partial charge in [0.1, 0.15) is 5.75 Å². The first-order chi connectivity index (χ1) is 12.9. The van der Waals surface area contributed by atoms with Crippen molar-refractivity contribution < 1.29 is 14.3 Å². The van der Waals surface area contributed by atoms with E-state index in [1.54, 1.807) is 31.2 Å². The van der Waals surface area contributed by atoms with Crippen molar-refractivity contribution >= 4 is 17.5 Å². The summed E-state index contributed by atoms with van der Waals surface area (Å²) in [5.74, 6) is 0.125. The Morgan fingerprint density at radius 3 is 2.30 bits per heavy atom. The van der Waals surface area contributed by atoms with Crippen LogP contribution in [0.2, 0.25) is 0 Å². The van der Waals surface area contributed by atoms with Gasteiger partial charge in [-0.1, -0.05) is 38.1 Å². The van der Waals surface area contributed by atoms with Crippen molar-refractivity contribution in [3.05, 3.63) is 59.7 Å². The van der Waals surface area contributed by atoms with Gasteiger partial charge >= 0.3 is 0 Å². The van der Waals surface area contributed by atoms with E-state index < -0.39 is 6.10 Å². The van der Waals surface area contributed by atoms with Crippen LogP contribution < -0.4 is 15.4 Å². The fraction of sp³-hybridized carbons (Fsp3) is 0.364. The van der Waals surface area contributed by atoms with Crippen molar-refractivity contribution in [1.82, 2.24) is 5.32 Å². The zero-order valence-electron chi connectivity index (χ0n) is 16.4. The second-order valence-corrected chi connectivity index (χ2v) is 6.58. The molecule has 2 amide bonds. The Morgan fingerprint density at radius 1 is 1.00 bits per heavy atom. The van der Waals surface area contributed by atoms with E-state index >= 15 is 0 Å². The molecule has 0 saturated heterocycles. The number of amides is 2. The number of anilines is 1. The van der Waals surface area contributed by atoms with Crippen molar-refractivity contribution in [2.24, 2.45) is 0 Å². The van der Waals surface area contributed by atoms with Crippen molar-refractivity contribution in [3.63, 3.8) is 0 Å². The third kappa shape index (κ3) is 5.84. The highest BCUT2D eigenvalue weighted by molar-refractivity contribution is 6.04. The lowest BCUT2D eigenvalue weighted by atomic mass is 10.1. The van der Waals surface area contributed by atoms with E-state index in [-0.39, 0.29) is 17.9 Å². The SMILES string of the molecule is CCc1ccc(OC(C)C(=O)Nc2ccccc2C(=O)NC(C)CC)cc1. The third-order valence-electron chi connectivity index (χ3n) is 4.43.